The van der Waals surface area contributed by atoms with Gasteiger partial charge in [0.25, 0.3) is 0 Å². The lowest BCUT2D eigenvalue weighted by Gasteiger charge is -2.19. The molecule has 0 unspecified atom stereocenters. The molecular formula is C27H31NO4. The minimum Gasteiger partial charge on any atom is -0.493 e. The smallest absolute Gasteiger partial charge is 0.162 e. The molecule has 0 radical (unpaired) electrons. The Labute approximate surface area is 190 Å². The van der Waals surface area contributed by atoms with Crippen LogP contribution in [0, 0.1) is 11.3 Å². The summed E-state index contributed by atoms with van der Waals surface area (Å²) in [7, 11) is 3.30. The van der Waals surface area contributed by atoms with Gasteiger partial charge in [-0.05, 0) is 92.3 Å². The summed E-state index contributed by atoms with van der Waals surface area (Å²) in [5.41, 5.74) is 2.61. The van der Waals surface area contributed by atoms with Crippen molar-refractivity contribution in [1.29, 1.82) is 5.26 Å². The number of allylic oxidation sites excluding steroid dienone is 1. The molecule has 2 fully saturated rings. The molecule has 2 aromatic carbocycles. The highest BCUT2D eigenvalue weighted by molar-refractivity contribution is 5.83. The second kappa shape index (κ2) is 10.5. The van der Waals surface area contributed by atoms with Crippen molar-refractivity contribution in [1.82, 2.24) is 0 Å². The average Bonchev–Trinajstić information content (AvgIpc) is 3.52. The molecule has 0 atom stereocenters. The van der Waals surface area contributed by atoms with E-state index in [1.54, 1.807) is 20.3 Å². The van der Waals surface area contributed by atoms with Crippen molar-refractivity contribution in [3.8, 4) is 29.1 Å². The molecule has 5 heteroatoms. The van der Waals surface area contributed by atoms with Crippen LogP contribution in [0.25, 0.3) is 5.57 Å². The Bertz CT molecular complexity index is 924. The monoisotopic (exact) mass is 433 g/mol. The second-order valence-corrected chi connectivity index (χ2v) is 8.47. The highest BCUT2D eigenvalue weighted by atomic mass is 16.5. The highest BCUT2D eigenvalue weighted by Gasteiger charge is 2.21. The summed E-state index contributed by atoms with van der Waals surface area (Å²) in [6.45, 7) is 0. The summed E-state index contributed by atoms with van der Waals surface area (Å²) in [6.07, 6.45) is 11.0. The molecule has 0 amide bonds. The van der Waals surface area contributed by atoms with Crippen molar-refractivity contribution < 1.29 is 18.9 Å². The van der Waals surface area contributed by atoms with E-state index < -0.39 is 0 Å². The lowest BCUT2D eigenvalue weighted by Crippen LogP contribution is -2.12. The molecule has 0 N–H and O–H groups in total. The first kappa shape index (κ1) is 22.1. The Kier molecular flexibility index (Phi) is 7.21. The van der Waals surface area contributed by atoms with Gasteiger partial charge in [0.05, 0.1) is 32.5 Å². The van der Waals surface area contributed by atoms with Gasteiger partial charge in [0, 0.05) is 6.08 Å². The quantitative estimate of drug-likeness (QED) is 0.457. The number of nitriles is 1. The normalized spacial score (nSPS) is 16.4. The van der Waals surface area contributed by atoms with Crippen LogP contribution in [0.3, 0.4) is 0 Å². The van der Waals surface area contributed by atoms with Crippen molar-refractivity contribution in [2.75, 3.05) is 14.2 Å². The van der Waals surface area contributed by atoms with Gasteiger partial charge in [0.15, 0.2) is 23.0 Å². The zero-order chi connectivity index (χ0) is 22.3. The molecule has 2 aliphatic carbocycles. The van der Waals surface area contributed by atoms with Crippen LogP contribution in [0.5, 0.6) is 23.0 Å². The zero-order valence-electron chi connectivity index (χ0n) is 18.9. The van der Waals surface area contributed by atoms with Crippen LogP contribution in [-0.4, -0.2) is 26.4 Å². The molecule has 0 saturated heterocycles. The lowest BCUT2D eigenvalue weighted by atomic mass is 9.96. The van der Waals surface area contributed by atoms with Crippen LogP contribution in [0.4, 0.5) is 0 Å². The third-order valence-electron chi connectivity index (χ3n) is 6.35. The maximum Gasteiger partial charge on any atom is 0.162 e. The molecule has 5 nitrogen and oxygen atoms in total. The summed E-state index contributed by atoms with van der Waals surface area (Å²) in [4.78, 5) is 0. The van der Waals surface area contributed by atoms with Gasteiger partial charge < -0.3 is 18.9 Å². The number of nitrogens with zero attached hydrogens (tertiary/aromatic N) is 1. The van der Waals surface area contributed by atoms with E-state index in [1.807, 2.05) is 36.4 Å². The average molecular weight is 434 g/mol. The first-order valence-corrected chi connectivity index (χ1v) is 11.5. The van der Waals surface area contributed by atoms with E-state index in [0.717, 1.165) is 53.9 Å². The fourth-order valence-electron chi connectivity index (χ4n) is 4.64. The van der Waals surface area contributed by atoms with E-state index in [2.05, 4.69) is 6.07 Å². The van der Waals surface area contributed by atoms with Crippen LogP contribution in [-0.2, 0) is 0 Å². The summed E-state index contributed by atoms with van der Waals surface area (Å²) in [5, 5.41) is 9.52. The largest absolute Gasteiger partial charge is 0.493 e. The standard InChI is InChI=1S/C27H31NO4/c1-29-24-13-11-19(17-26(24)31-21-7-3-4-8-21)23(15-16-28)20-12-14-25(30-2)27(18-20)32-22-9-5-6-10-22/h11-15,17-18,21-22H,3-10H2,1-2H3. The van der Waals surface area contributed by atoms with Crippen molar-refractivity contribution in [3.63, 3.8) is 0 Å². The van der Waals surface area contributed by atoms with Gasteiger partial charge >= 0.3 is 0 Å². The van der Waals surface area contributed by atoms with Gasteiger partial charge in [0.1, 0.15) is 0 Å². The Balaban J connectivity index is 1.67. The highest BCUT2D eigenvalue weighted by Crippen LogP contribution is 2.38. The van der Waals surface area contributed by atoms with Crippen molar-refractivity contribution >= 4 is 5.57 Å². The number of benzene rings is 2. The molecule has 4 rings (SSSR count). The third-order valence-corrected chi connectivity index (χ3v) is 6.35. The molecular weight excluding hydrogens is 402 g/mol. The van der Waals surface area contributed by atoms with Gasteiger partial charge in [-0.1, -0.05) is 12.1 Å². The van der Waals surface area contributed by atoms with Gasteiger partial charge in [0.2, 0.25) is 0 Å². The number of methoxy groups -OCH3 is 2. The van der Waals surface area contributed by atoms with E-state index in [-0.39, 0.29) is 12.2 Å². The summed E-state index contributed by atoms with van der Waals surface area (Å²) < 4.78 is 23.6. The summed E-state index contributed by atoms with van der Waals surface area (Å²) >= 11 is 0. The zero-order valence-corrected chi connectivity index (χ0v) is 18.9. The first-order chi connectivity index (χ1) is 15.7. The van der Waals surface area contributed by atoms with E-state index in [1.165, 1.54) is 25.7 Å². The van der Waals surface area contributed by atoms with E-state index in [9.17, 15) is 5.26 Å². The van der Waals surface area contributed by atoms with Crippen LogP contribution in [0.2, 0.25) is 0 Å². The fourth-order valence-corrected chi connectivity index (χ4v) is 4.64. The molecule has 2 aliphatic rings. The van der Waals surface area contributed by atoms with E-state index in [0.29, 0.717) is 11.5 Å². The minimum absolute atomic E-state index is 0.218. The number of ether oxygens (including phenoxy) is 4. The van der Waals surface area contributed by atoms with Gasteiger partial charge in [-0.3, -0.25) is 0 Å². The molecule has 0 aromatic heterocycles. The van der Waals surface area contributed by atoms with E-state index >= 15 is 0 Å². The fraction of sp³-hybridized carbons (Fsp3) is 0.444. The molecule has 0 bridgehead atoms. The predicted molar refractivity (Wildman–Crippen MR) is 124 cm³/mol. The molecule has 0 heterocycles. The predicted octanol–water partition coefficient (Wildman–Crippen LogP) is 6.30. The SMILES string of the molecule is COc1ccc(C(=CC#N)c2ccc(OC)c(OC3CCCC3)c2)cc1OC1CCCC1. The Hall–Kier alpha value is -3.13. The van der Waals surface area contributed by atoms with E-state index in [4.69, 9.17) is 18.9 Å². The molecule has 2 saturated carbocycles. The maximum absolute atomic E-state index is 9.52. The van der Waals surface area contributed by atoms with Crippen LogP contribution < -0.4 is 18.9 Å². The maximum atomic E-state index is 9.52. The van der Waals surface area contributed by atoms with Crippen LogP contribution >= 0.6 is 0 Å². The summed E-state index contributed by atoms with van der Waals surface area (Å²) in [5.74, 6) is 2.85. The lowest BCUT2D eigenvalue weighted by molar-refractivity contribution is 0.200. The van der Waals surface area contributed by atoms with Crippen molar-refractivity contribution in [3.05, 3.63) is 53.6 Å². The number of hydrogen-bond acceptors (Lipinski definition) is 5. The third kappa shape index (κ3) is 5.02. The van der Waals surface area contributed by atoms with Crippen LogP contribution in [0.15, 0.2) is 42.5 Å². The van der Waals surface area contributed by atoms with Crippen molar-refractivity contribution in [2.45, 2.75) is 63.6 Å². The second-order valence-electron chi connectivity index (χ2n) is 8.47. The van der Waals surface area contributed by atoms with Crippen molar-refractivity contribution in [2.24, 2.45) is 0 Å². The topological polar surface area (TPSA) is 60.7 Å². The molecule has 0 aliphatic heterocycles. The molecule has 168 valence electrons. The Morgan fingerprint density at radius 1 is 0.750 bits per heavy atom. The first-order valence-electron chi connectivity index (χ1n) is 11.5. The molecule has 0 spiro atoms. The number of rotatable bonds is 8. The Morgan fingerprint density at radius 2 is 1.19 bits per heavy atom. The Morgan fingerprint density at radius 3 is 1.56 bits per heavy atom. The van der Waals surface area contributed by atoms with Gasteiger partial charge in [-0.25, -0.2) is 0 Å². The van der Waals surface area contributed by atoms with Gasteiger partial charge in [-0.15, -0.1) is 0 Å². The summed E-state index contributed by atoms with van der Waals surface area (Å²) in [6, 6.07) is 13.9. The number of hydrogen-bond donors (Lipinski definition) is 0. The van der Waals surface area contributed by atoms with Crippen LogP contribution in [0.1, 0.15) is 62.5 Å². The minimum atomic E-state index is 0.218. The molecule has 32 heavy (non-hydrogen) atoms. The van der Waals surface area contributed by atoms with Gasteiger partial charge in [-0.2, -0.15) is 5.26 Å². The molecule has 2 aromatic rings.